The van der Waals surface area contributed by atoms with Crippen molar-refractivity contribution in [1.82, 2.24) is 19.9 Å². The van der Waals surface area contributed by atoms with Crippen LogP contribution in [0.5, 0.6) is 0 Å². The van der Waals surface area contributed by atoms with Gasteiger partial charge in [-0.3, -0.25) is 0 Å². The predicted molar refractivity (Wildman–Crippen MR) is 181 cm³/mol. The van der Waals surface area contributed by atoms with Crippen molar-refractivity contribution in [3.8, 4) is 0 Å². The number of H-pyrrole nitrogens is 2. The highest BCUT2D eigenvalue weighted by molar-refractivity contribution is 5.96. The van der Waals surface area contributed by atoms with Gasteiger partial charge in [-0.25, -0.2) is 9.97 Å². The number of hydrogen-bond donors (Lipinski definition) is 2. The van der Waals surface area contributed by atoms with Gasteiger partial charge in [0.2, 0.25) is 0 Å². The molecule has 2 aliphatic rings. The van der Waals surface area contributed by atoms with Gasteiger partial charge in [0.25, 0.3) is 0 Å². The SMILES string of the molecule is CCC1=C(CC)c2cc3[nH]c(cc4[nH]c(cc5nc(cc1n2)C(CC)=C5CC)c(CC)c4CC)c(CC)c3CC.Cl. The van der Waals surface area contributed by atoms with Gasteiger partial charge in [-0.15, -0.1) is 12.4 Å². The van der Waals surface area contributed by atoms with Crippen LogP contribution in [0, 0.1) is 0 Å². The Morgan fingerprint density at radius 3 is 0.927 bits per heavy atom. The molecule has 0 aromatic carbocycles. The quantitative estimate of drug-likeness (QED) is 0.283. The minimum absolute atomic E-state index is 0. The summed E-state index contributed by atoms with van der Waals surface area (Å²) in [7, 11) is 0. The maximum absolute atomic E-state index is 5.28. The molecule has 0 aliphatic carbocycles. The molecular formula is C36H47ClN4. The number of hydrogen-bond acceptors (Lipinski definition) is 2. The van der Waals surface area contributed by atoms with Crippen molar-refractivity contribution in [2.45, 2.75) is 107 Å². The second-order valence-corrected chi connectivity index (χ2v) is 10.9. The van der Waals surface area contributed by atoms with Crippen LogP contribution in [0.25, 0.3) is 44.4 Å². The summed E-state index contributed by atoms with van der Waals surface area (Å²) < 4.78 is 0. The lowest BCUT2D eigenvalue weighted by molar-refractivity contribution is 1.07. The molecule has 8 bridgehead atoms. The highest BCUT2D eigenvalue weighted by Crippen LogP contribution is 2.39. The summed E-state index contributed by atoms with van der Waals surface area (Å²) in [5.74, 6) is 0. The molecule has 0 saturated heterocycles. The fourth-order valence-corrected chi connectivity index (χ4v) is 7.10. The van der Waals surface area contributed by atoms with Crippen molar-refractivity contribution in [2.24, 2.45) is 0 Å². The van der Waals surface area contributed by atoms with E-state index in [9.17, 15) is 0 Å². The number of fused-ring (bicyclic) bond motifs is 8. The van der Waals surface area contributed by atoms with Crippen LogP contribution in [0.15, 0.2) is 24.3 Å². The Balaban J connectivity index is 0.00000387. The van der Waals surface area contributed by atoms with Crippen LogP contribution in [-0.4, -0.2) is 19.9 Å². The van der Waals surface area contributed by atoms with E-state index >= 15 is 0 Å². The van der Waals surface area contributed by atoms with Crippen molar-refractivity contribution in [1.29, 1.82) is 0 Å². The number of allylic oxidation sites excluding steroid dienone is 4. The third-order valence-electron chi connectivity index (χ3n) is 8.97. The number of nitrogens with one attached hydrogen (secondary N) is 2. The zero-order valence-corrected chi connectivity index (χ0v) is 27.1. The van der Waals surface area contributed by atoms with Crippen molar-refractivity contribution in [2.75, 3.05) is 0 Å². The smallest absolute Gasteiger partial charge is 0.0694 e. The van der Waals surface area contributed by atoms with E-state index in [0.29, 0.717) is 0 Å². The van der Waals surface area contributed by atoms with E-state index in [1.54, 1.807) is 0 Å². The van der Waals surface area contributed by atoms with Crippen LogP contribution >= 0.6 is 12.4 Å². The largest absolute Gasteiger partial charge is 0.355 e. The van der Waals surface area contributed by atoms with Crippen molar-refractivity contribution >= 4 is 56.8 Å². The molecule has 5 rings (SSSR count). The zero-order valence-electron chi connectivity index (χ0n) is 26.3. The number of nitrogens with zero attached hydrogens (tertiary/aromatic N) is 2. The van der Waals surface area contributed by atoms with Gasteiger partial charge in [0.15, 0.2) is 0 Å². The van der Waals surface area contributed by atoms with E-state index in [1.807, 2.05) is 0 Å². The predicted octanol–water partition coefficient (Wildman–Crippen LogP) is 10.4. The van der Waals surface area contributed by atoms with Crippen molar-refractivity contribution in [3.63, 3.8) is 0 Å². The Morgan fingerprint density at radius 1 is 0.390 bits per heavy atom. The summed E-state index contributed by atoms with van der Waals surface area (Å²) in [5.41, 5.74) is 20.2. The summed E-state index contributed by atoms with van der Waals surface area (Å²) in [4.78, 5) is 18.2. The van der Waals surface area contributed by atoms with Crippen LogP contribution in [-0.2, 0) is 25.7 Å². The topological polar surface area (TPSA) is 57.4 Å². The van der Waals surface area contributed by atoms with Gasteiger partial charge >= 0.3 is 0 Å². The third-order valence-corrected chi connectivity index (χ3v) is 8.97. The number of rotatable bonds is 8. The molecular weight excluding hydrogens is 524 g/mol. The van der Waals surface area contributed by atoms with Crippen LogP contribution < -0.4 is 0 Å². The lowest BCUT2D eigenvalue weighted by atomic mass is 9.97. The fourth-order valence-electron chi connectivity index (χ4n) is 7.10. The first kappa shape index (κ1) is 30.8. The number of aromatic nitrogens is 4. The fraction of sp³-hybridized carbons (Fsp3) is 0.444. The number of aryl methyl sites for hydroxylation is 4. The molecule has 5 heteroatoms. The maximum atomic E-state index is 5.28. The van der Waals surface area contributed by atoms with Gasteiger partial charge in [0.05, 0.1) is 22.8 Å². The standard InChI is InChI=1S/C36H46N4.ClH/c1-9-21-22(10-2)30-18-32-25(13-5)26(14-6)34(39-32)20-36-28(16-8)27(15-7)35(40-36)19-33-24(12-4)23(11-3)31(38-33)17-29(21)37-30;/h17-20,37-38H,9-16H2,1-8H3;1H. The molecule has 0 radical (unpaired) electrons. The summed E-state index contributed by atoms with van der Waals surface area (Å²) >= 11 is 0. The van der Waals surface area contributed by atoms with E-state index in [4.69, 9.17) is 9.97 Å². The lowest BCUT2D eigenvalue weighted by Crippen LogP contribution is -1.87. The molecule has 2 aliphatic heterocycles. The van der Waals surface area contributed by atoms with Gasteiger partial charge in [0.1, 0.15) is 0 Å². The Bertz CT molecular complexity index is 1560. The van der Waals surface area contributed by atoms with Gasteiger partial charge < -0.3 is 9.97 Å². The van der Waals surface area contributed by atoms with E-state index in [1.165, 1.54) is 66.6 Å². The second-order valence-electron chi connectivity index (χ2n) is 10.9. The molecule has 0 saturated carbocycles. The molecule has 0 atom stereocenters. The molecule has 2 N–H and O–H groups in total. The van der Waals surface area contributed by atoms with Gasteiger partial charge in [-0.05, 0) is 120 Å². The molecule has 5 heterocycles. The van der Waals surface area contributed by atoms with E-state index in [2.05, 4.69) is 89.6 Å². The summed E-state index contributed by atoms with van der Waals surface area (Å²) in [5, 5.41) is 0. The van der Waals surface area contributed by atoms with Crippen LogP contribution in [0.2, 0.25) is 0 Å². The molecule has 41 heavy (non-hydrogen) atoms. The van der Waals surface area contributed by atoms with E-state index < -0.39 is 0 Å². The summed E-state index contributed by atoms with van der Waals surface area (Å²) in [6.45, 7) is 18.1. The Labute approximate surface area is 252 Å². The summed E-state index contributed by atoms with van der Waals surface area (Å²) in [6, 6.07) is 9.24. The number of halogens is 1. The second kappa shape index (κ2) is 12.8. The van der Waals surface area contributed by atoms with Gasteiger partial charge in [-0.2, -0.15) is 0 Å². The maximum Gasteiger partial charge on any atom is 0.0694 e. The lowest BCUT2D eigenvalue weighted by Gasteiger charge is -2.04. The number of aromatic amines is 2. The average molecular weight is 571 g/mol. The molecule has 0 fully saturated rings. The van der Waals surface area contributed by atoms with Crippen molar-refractivity contribution in [3.05, 3.63) is 69.3 Å². The van der Waals surface area contributed by atoms with Crippen LogP contribution in [0.4, 0.5) is 0 Å². The first-order chi connectivity index (χ1) is 19.5. The van der Waals surface area contributed by atoms with Gasteiger partial charge in [-0.1, -0.05) is 55.4 Å². The molecule has 218 valence electrons. The van der Waals surface area contributed by atoms with E-state index in [0.717, 1.165) is 74.1 Å². The zero-order chi connectivity index (χ0) is 28.6. The highest BCUT2D eigenvalue weighted by atomic mass is 35.5. The Hall–Kier alpha value is -3.11. The molecule has 0 spiro atoms. The first-order valence-electron chi connectivity index (χ1n) is 15.7. The molecule has 4 nitrogen and oxygen atoms in total. The van der Waals surface area contributed by atoms with Crippen molar-refractivity contribution < 1.29 is 0 Å². The van der Waals surface area contributed by atoms with Crippen LogP contribution in [0.3, 0.4) is 0 Å². The molecule has 3 aromatic heterocycles. The van der Waals surface area contributed by atoms with Crippen LogP contribution in [0.1, 0.15) is 126 Å². The minimum atomic E-state index is 0. The van der Waals surface area contributed by atoms with Gasteiger partial charge in [0, 0.05) is 22.1 Å². The Morgan fingerprint density at radius 2 is 0.659 bits per heavy atom. The first-order valence-corrected chi connectivity index (χ1v) is 15.7. The molecule has 0 amide bonds. The third kappa shape index (κ3) is 5.20. The summed E-state index contributed by atoms with van der Waals surface area (Å²) in [6.07, 6.45) is 7.84. The average Bonchev–Trinajstić information content (AvgIpc) is 3.67. The molecule has 3 aromatic rings. The minimum Gasteiger partial charge on any atom is -0.355 e. The normalized spacial score (nSPS) is 13.3. The monoisotopic (exact) mass is 570 g/mol. The van der Waals surface area contributed by atoms with E-state index in [-0.39, 0.29) is 12.4 Å². The Kier molecular flexibility index (Phi) is 9.64. The highest BCUT2D eigenvalue weighted by Gasteiger charge is 2.22. The molecule has 0 unspecified atom stereocenters.